The van der Waals surface area contributed by atoms with Crippen LogP contribution in [-0.2, 0) is 24.3 Å². The molecule has 0 bridgehead atoms. The lowest BCUT2D eigenvalue weighted by atomic mass is 9.86. The predicted molar refractivity (Wildman–Crippen MR) is 122 cm³/mol. The van der Waals surface area contributed by atoms with Gasteiger partial charge < -0.3 is 14.8 Å². The van der Waals surface area contributed by atoms with Crippen LogP contribution < -0.4 is 10.0 Å². The second-order valence-electron chi connectivity index (χ2n) is 7.43. The van der Waals surface area contributed by atoms with Crippen molar-refractivity contribution in [1.82, 2.24) is 10.0 Å². The Labute approximate surface area is 193 Å². The van der Waals surface area contributed by atoms with Crippen molar-refractivity contribution < 1.29 is 22.7 Å². The van der Waals surface area contributed by atoms with Gasteiger partial charge in [-0.2, -0.15) is 0 Å². The Morgan fingerprint density at radius 3 is 2.52 bits per heavy atom. The van der Waals surface area contributed by atoms with Gasteiger partial charge in [0.2, 0.25) is 10.0 Å². The molecule has 1 unspecified atom stereocenters. The molecular formula is C21H28Cl2N2O5S. The summed E-state index contributed by atoms with van der Waals surface area (Å²) in [5.41, 5.74) is 1.45. The van der Waals surface area contributed by atoms with E-state index < -0.39 is 21.9 Å². The van der Waals surface area contributed by atoms with Crippen LogP contribution in [-0.4, -0.2) is 40.8 Å². The van der Waals surface area contributed by atoms with E-state index in [1.807, 2.05) is 0 Å². The van der Waals surface area contributed by atoms with E-state index in [1.54, 1.807) is 53.0 Å². The van der Waals surface area contributed by atoms with Crippen LogP contribution in [0, 0.1) is 0 Å². The van der Waals surface area contributed by atoms with Gasteiger partial charge in [0.15, 0.2) is 0 Å². The standard InChI is InChI=1S/C21H28Cl2N2O5S/c1-12(2)30-21(26)17-13(3)25-14(4)20(31(27,28)24-10-7-11-29-5)18(17)15-8-6-9-16(22)19(15)23/h6,8-9,12,18,24-25H,7,10-11H2,1-5H3. The summed E-state index contributed by atoms with van der Waals surface area (Å²) in [6, 6.07) is 4.93. The van der Waals surface area contributed by atoms with Crippen molar-refractivity contribution in [1.29, 1.82) is 0 Å². The average Bonchev–Trinajstić information content (AvgIpc) is 2.66. The van der Waals surface area contributed by atoms with E-state index >= 15 is 0 Å². The van der Waals surface area contributed by atoms with Gasteiger partial charge in [0, 0.05) is 31.7 Å². The maximum Gasteiger partial charge on any atom is 0.337 e. The molecule has 0 aromatic heterocycles. The highest BCUT2D eigenvalue weighted by Crippen LogP contribution is 2.44. The van der Waals surface area contributed by atoms with Gasteiger partial charge in [0.05, 0.1) is 32.5 Å². The number of nitrogens with one attached hydrogen (secondary N) is 2. The average molecular weight is 491 g/mol. The Hall–Kier alpha value is -1.58. The van der Waals surface area contributed by atoms with Gasteiger partial charge in [-0.15, -0.1) is 0 Å². The van der Waals surface area contributed by atoms with Crippen LogP contribution in [0.15, 0.2) is 40.1 Å². The zero-order valence-electron chi connectivity index (χ0n) is 18.2. The number of methoxy groups -OCH3 is 1. The predicted octanol–water partition coefficient (Wildman–Crippen LogP) is 4.09. The van der Waals surface area contributed by atoms with E-state index in [0.29, 0.717) is 30.0 Å². The van der Waals surface area contributed by atoms with Crippen LogP contribution >= 0.6 is 23.2 Å². The Morgan fingerprint density at radius 2 is 1.90 bits per heavy atom. The first-order chi connectivity index (χ1) is 14.5. The highest BCUT2D eigenvalue weighted by molar-refractivity contribution is 7.93. The molecule has 1 aromatic carbocycles. The number of benzene rings is 1. The van der Waals surface area contributed by atoms with Crippen LogP contribution in [0.4, 0.5) is 0 Å². The van der Waals surface area contributed by atoms with E-state index in [4.69, 9.17) is 32.7 Å². The number of allylic oxidation sites excluding steroid dienone is 3. The lowest BCUT2D eigenvalue weighted by Gasteiger charge is -2.32. The Morgan fingerprint density at radius 1 is 1.23 bits per heavy atom. The van der Waals surface area contributed by atoms with Gasteiger partial charge >= 0.3 is 5.97 Å². The maximum absolute atomic E-state index is 13.3. The van der Waals surface area contributed by atoms with E-state index in [1.165, 1.54) is 0 Å². The summed E-state index contributed by atoms with van der Waals surface area (Å²) in [7, 11) is -2.45. The van der Waals surface area contributed by atoms with E-state index in [-0.39, 0.29) is 33.2 Å². The third kappa shape index (κ3) is 6.02. The number of dihydropyridines is 1. The summed E-state index contributed by atoms with van der Waals surface area (Å²) in [4.78, 5) is 13.0. The van der Waals surface area contributed by atoms with Crippen molar-refractivity contribution >= 4 is 39.2 Å². The smallest absolute Gasteiger partial charge is 0.337 e. The summed E-state index contributed by atoms with van der Waals surface area (Å²) < 4.78 is 39.7. The minimum absolute atomic E-state index is 0.00427. The molecule has 10 heteroatoms. The van der Waals surface area contributed by atoms with Gasteiger partial charge in [-0.05, 0) is 45.7 Å². The van der Waals surface area contributed by atoms with Crippen molar-refractivity contribution in [2.24, 2.45) is 0 Å². The largest absolute Gasteiger partial charge is 0.460 e. The van der Waals surface area contributed by atoms with Gasteiger partial charge in [-0.1, -0.05) is 35.3 Å². The van der Waals surface area contributed by atoms with E-state index in [9.17, 15) is 13.2 Å². The summed E-state index contributed by atoms with van der Waals surface area (Å²) >= 11 is 12.7. The molecule has 7 nitrogen and oxygen atoms in total. The van der Waals surface area contributed by atoms with E-state index in [0.717, 1.165) is 0 Å². The van der Waals surface area contributed by atoms with Crippen molar-refractivity contribution in [3.63, 3.8) is 0 Å². The third-order valence-corrected chi connectivity index (χ3v) is 7.20. The molecule has 0 amide bonds. The lowest BCUT2D eigenvalue weighted by Crippen LogP contribution is -2.37. The third-order valence-electron chi connectivity index (χ3n) is 4.66. The monoisotopic (exact) mass is 490 g/mol. The summed E-state index contributed by atoms with van der Waals surface area (Å²) in [5.74, 6) is -1.61. The lowest BCUT2D eigenvalue weighted by molar-refractivity contribution is -0.143. The zero-order chi connectivity index (χ0) is 23.3. The minimum atomic E-state index is -3.99. The normalized spacial score (nSPS) is 17.2. The number of ether oxygens (including phenoxy) is 2. The second kappa shape index (κ2) is 10.8. The molecule has 0 spiro atoms. The van der Waals surface area contributed by atoms with Crippen molar-refractivity contribution in [3.05, 3.63) is 55.7 Å². The van der Waals surface area contributed by atoms with Gasteiger partial charge in [-0.3, -0.25) is 0 Å². The molecule has 2 N–H and O–H groups in total. The van der Waals surface area contributed by atoms with Gasteiger partial charge in [0.25, 0.3) is 0 Å². The molecule has 1 aliphatic heterocycles. The highest BCUT2D eigenvalue weighted by Gasteiger charge is 2.41. The summed E-state index contributed by atoms with van der Waals surface area (Å²) in [5, 5.41) is 3.45. The van der Waals surface area contributed by atoms with Gasteiger partial charge in [-0.25, -0.2) is 17.9 Å². The Balaban J connectivity index is 2.65. The van der Waals surface area contributed by atoms with Crippen LogP contribution in [0.2, 0.25) is 10.0 Å². The van der Waals surface area contributed by atoms with E-state index in [2.05, 4.69) is 10.0 Å². The number of hydrogen-bond donors (Lipinski definition) is 2. The first-order valence-electron chi connectivity index (χ1n) is 9.83. The van der Waals surface area contributed by atoms with Gasteiger partial charge in [0.1, 0.15) is 0 Å². The second-order valence-corrected chi connectivity index (χ2v) is 9.95. The maximum atomic E-state index is 13.3. The van der Waals surface area contributed by atoms with Crippen LogP contribution in [0.3, 0.4) is 0 Å². The fourth-order valence-electron chi connectivity index (χ4n) is 3.42. The molecule has 2 rings (SSSR count). The van der Waals surface area contributed by atoms with Crippen LogP contribution in [0.25, 0.3) is 0 Å². The number of esters is 1. The number of carbonyl (C=O) groups excluding carboxylic acids is 1. The minimum Gasteiger partial charge on any atom is -0.460 e. The summed E-state index contributed by atoms with van der Waals surface area (Å²) in [6.07, 6.45) is 0.109. The molecule has 1 aromatic rings. The molecule has 172 valence electrons. The Kier molecular flexibility index (Phi) is 8.97. The first-order valence-corrected chi connectivity index (χ1v) is 12.1. The molecule has 0 saturated carbocycles. The fourth-order valence-corrected chi connectivity index (χ4v) is 5.42. The van der Waals surface area contributed by atoms with Crippen LogP contribution in [0.5, 0.6) is 0 Å². The van der Waals surface area contributed by atoms with Crippen molar-refractivity contribution in [3.8, 4) is 0 Å². The molecule has 1 heterocycles. The molecule has 0 radical (unpaired) electrons. The molecule has 1 aliphatic rings. The zero-order valence-corrected chi connectivity index (χ0v) is 20.5. The Bertz CT molecular complexity index is 1000. The number of halogens is 2. The SMILES string of the molecule is COCCCNS(=O)(=O)C1=C(C)NC(C)=C(C(=O)OC(C)C)C1c1cccc(Cl)c1Cl. The highest BCUT2D eigenvalue weighted by atomic mass is 35.5. The quantitative estimate of drug-likeness (QED) is 0.399. The molecule has 0 fully saturated rings. The number of hydrogen-bond acceptors (Lipinski definition) is 6. The topological polar surface area (TPSA) is 93.7 Å². The molecule has 31 heavy (non-hydrogen) atoms. The number of carbonyl (C=O) groups is 1. The molecule has 0 saturated heterocycles. The number of sulfonamides is 1. The van der Waals surface area contributed by atoms with Crippen molar-refractivity contribution in [2.75, 3.05) is 20.3 Å². The number of rotatable bonds is 9. The van der Waals surface area contributed by atoms with Crippen molar-refractivity contribution in [2.45, 2.75) is 46.1 Å². The van der Waals surface area contributed by atoms with Crippen LogP contribution in [0.1, 0.15) is 45.6 Å². The first kappa shape index (κ1) is 25.7. The molecular weight excluding hydrogens is 463 g/mol. The molecule has 1 atom stereocenters. The molecule has 0 aliphatic carbocycles. The fraction of sp³-hybridized carbons (Fsp3) is 0.476. The summed E-state index contributed by atoms with van der Waals surface area (Å²) in [6.45, 7) is 7.37.